The molecule has 1 aromatic rings. The zero-order valence-corrected chi connectivity index (χ0v) is 20.5. The molecule has 2 amide bonds. The number of rotatable bonds is 6. The molecule has 0 bridgehead atoms. The van der Waals surface area contributed by atoms with E-state index < -0.39 is 23.9 Å². The third-order valence-electron chi connectivity index (χ3n) is 5.76. The molecule has 0 spiro atoms. The number of aliphatic hydroxyl groups is 1. The number of carbonyl (C=O) groups is 3. The molecule has 0 saturated carbocycles. The Morgan fingerprint density at radius 2 is 2.17 bits per heavy atom. The number of anilines is 1. The molecule has 12 heteroatoms. The van der Waals surface area contributed by atoms with Crippen LogP contribution in [0.5, 0.6) is 0 Å². The first-order valence-corrected chi connectivity index (χ1v) is 11.1. The van der Waals surface area contributed by atoms with Crippen molar-refractivity contribution in [2.75, 3.05) is 18.0 Å². The second-order valence-corrected chi connectivity index (χ2v) is 9.79. The summed E-state index contributed by atoms with van der Waals surface area (Å²) in [6.07, 6.45) is -0.0182. The number of hydrogen-bond donors (Lipinski definition) is 2. The van der Waals surface area contributed by atoms with Crippen molar-refractivity contribution in [1.29, 1.82) is 0 Å². The normalized spacial score (nSPS) is 28.8. The first-order valence-electron chi connectivity index (χ1n) is 9.34. The number of aliphatic hydroxyl groups excluding tert-OH is 1. The minimum atomic E-state index is -1.36. The summed E-state index contributed by atoms with van der Waals surface area (Å²) in [5.41, 5.74) is 5.44. The predicted octanol–water partition coefficient (Wildman–Crippen LogP) is -3.62. The number of thiazole rings is 1. The Labute approximate surface area is 204 Å². The molecule has 3 N–H and O–H groups in total. The Morgan fingerprint density at radius 1 is 1.47 bits per heavy atom. The van der Waals surface area contributed by atoms with Gasteiger partial charge >= 0.3 is 29.6 Å². The number of carbonyl (C=O) groups excluding carboxylic acids is 3. The van der Waals surface area contributed by atoms with Crippen LogP contribution in [0.25, 0.3) is 0 Å². The summed E-state index contributed by atoms with van der Waals surface area (Å²) in [4.78, 5) is 43.7. The van der Waals surface area contributed by atoms with Gasteiger partial charge in [0.15, 0.2) is 5.13 Å². The summed E-state index contributed by atoms with van der Waals surface area (Å²) in [6.45, 7) is 4.82. The van der Waals surface area contributed by atoms with E-state index in [2.05, 4.69) is 4.98 Å². The molecule has 5 atom stereocenters. The number of thioether (sulfide) groups is 1. The standard InChI is InChI=1S/C18H22N4O5S2.Na/c1-7-12-11(8(2)23)16(25)22(12)13(17(26)27)14(7)29-9-3-4-21(5-9)18-20-10(6-28-18)15(19)24;/h6-9,11-12,23H,3-5H2,1-2H3,(H2,19,24)(H,26,27);/q;+1/p-1/t7-,8-,9+,11-,12-;/m1./s1. The zero-order chi connectivity index (χ0) is 21.0. The van der Waals surface area contributed by atoms with Gasteiger partial charge in [-0.15, -0.1) is 23.1 Å². The molecule has 156 valence electrons. The number of hydrogen-bond acceptors (Lipinski definition) is 9. The third-order valence-corrected chi connectivity index (χ3v) is 8.19. The Morgan fingerprint density at radius 3 is 2.73 bits per heavy atom. The van der Waals surface area contributed by atoms with Crippen LogP contribution < -0.4 is 45.3 Å². The van der Waals surface area contributed by atoms with Crippen LogP contribution in [0.1, 0.15) is 30.8 Å². The number of β-lactam (4-membered cyclic amide) rings is 1. The molecular weight excluding hydrogens is 439 g/mol. The summed E-state index contributed by atoms with van der Waals surface area (Å²) in [5, 5.41) is 24.2. The molecule has 1 aromatic heterocycles. The number of aromatic nitrogens is 1. The fourth-order valence-corrected chi connectivity index (χ4v) is 6.71. The monoisotopic (exact) mass is 460 g/mol. The Hall–Kier alpha value is -1.11. The SMILES string of the molecule is C[C@@H](O)[C@H]1C(=O)N2C(C(=O)[O-])=C(S[C@H]3CCN(c4nc(C(N)=O)cs4)C3)[C@H](C)[C@H]12.[Na+]. The fourth-order valence-electron chi connectivity index (χ4n) is 4.37. The van der Waals surface area contributed by atoms with Crippen molar-refractivity contribution >= 4 is 46.0 Å². The Kier molecular flexibility index (Phi) is 6.90. The van der Waals surface area contributed by atoms with Crippen LogP contribution in [0.2, 0.25) is 0 Å². The maximum absolute atomic E-state index is 12.4. The van der Waals surface area contributed by atoms with Crippen molar-refractivity contribution in [3.63, 3.8) is 0 Å². The minimum absolute atomic E-state index is 0. The number of aliphatic carboxylic acids is 1. The molecule has 4 heterocycles. The van der Waals surface area contributed by atoms with Gasteiger partial charge in [0.1, 0.15) is 5.69 Å². The quantitative estimate of drug-likeness (QED) is 0.328. The molecule has 3 aliphatic heterocycles. The molecule has 30 heavy (non-hydrogen) atoms. The molecule has 0 unspecified atom stereocenters. The van der Waals surface area contributed by atoms with Crippen molar-refractivity contribution in [3.8, 4) is 0 Å². The van der Waals surface area contributed by atoms with Crippen LogP contribution >= 0.6 is 23.1 Å². The van der Waals surface area contributed by atoms with Gasteiger partial charge in [0.2, 0.25) is 5.91 Å². The second-order valence-electron chi connectivity index (χ2n) is 7.61. The molecule has 0 radical (unpaired) electrons. The average Bonchev–Trinajstić information content (AvgIpc) is 3.33. The third kappa shape index (κ3) is 3.80. The first kappa shape index (κ1) is 23.6. The fraction of sp³-hybridized carbons (Fsp3) is 0.556. The molecule has 3 aliphatic rings. The number of primary amides is 1. The van der Waals surface area contributed by atoms with Gasteiger partial charge in [0, 0.05) is 34.5 Å². The number of fused-ring (bicyclic) bond motifs is 1. The molecule has 4 rings (SSSR count). The summed E-state index contributed by atoms with van der Waals surface area (Å²) >= 11 is 2.81. The van der Waals surface area contributed by atoms with Crippen LogP contribution in [0.4, 0.5) is 5.13 Å². The van der Waals surface area contributed by atoms with Gasteiger partial charge in [-0.05, 0) is 13.3 Å². The van der Waals surface area contributed by atoms with Crippen LogP contribution in [-0.2, 0) is 9.59 Å². The molecule has 2 saturated heterocycles. The number of carboxylic acid groups (broad SMARTS) is 1. The van der Waals surface area contributed by atoms with Gasteiger partial charge < -0.3 is 30.5 Å². The minimum Gasteiger partial charge on any atom is -0.543 e. The van der Waals surface area contributed by atoms with E-state index in [1.54, 1.807) is 12.3 Å². The molecule has 2 fully saturated rings. The maximum Gasteiger partial charge on any atom is 1.00 e. The average molecular weight is 461 g/mol. The Bertz CT molecular complexity index is 920. The van der Waals surface area contributed by atoms with Gasteiger partial charge in [0.05, 0.1) is 29.7 Å². The van der Waals surface area contributed by atoms with E-state index in [1.165, 1.54) is 28.0 Å². The summed E-state index contributed by atoms with van der Waals surface area (Å²) in [7, 11) is 0. The first-order chi connectivity index (χ1) is 13.7. The van der Waals surface area contributed by atoms with E-state index in [0.29, 0.717) is 16.6 Å². The van der Waals surface area contributed by atoms with Gasteiger partial charge in [-0.2, -0.15) is 0 Å². The number of nitrogens with zero attached hydrogens (tertiary/aromatic N) is 3. The smallest absolute Gasteiger partial charge is 0.543 e. The van der Waals surface area contributed by atoms with Crippen molar-refractivity contribution in [2.45, 2.75) is 37.7 Å². The maximum atomic E-state index is 12.4. The zero-order valence-electron chi connectivity index (χ0n) is 16.9. The van der Waals surface area contributed by atoms with Gasteiger partial charge in [0.25, 0.3) is 5.91 Å². The van der Waals surface area contributed by atoms with Crippen molar-refractivity contribution in [2.24, 2.45) is 17.6 Å². The predicted molar refractivity (Wildman–Crippen MR) is 106 cm³/mol. The largest absolute Gasteiger partial charge is 1.00 e. The van der Waals surface area contributed by atoms with E-state index in [0.717, 1.165) is 13.0 Å². The van der Waals surface area contributed by atoms with Crippen molar-refractivity contribution in [1.82, 2.24) is 9.88 Å². The van der Waals surface area contributed by atoms with E-state index in [1.807, 2.05) is 11.8 Å². The van der Waals surface area contributed by atoms with Gasteiger partial charge in [-0.1, -0.05) is 6.92 Å². The molecular formula is C18H21N4NaO5S2. The van der Waals surface area contributed by atoms with Crippen LogP contribution in [0.15, 0.2) is 16.0 Å². The second kappa shape index (κ2) is 8.79. The van der Waals surface area contributed by atoms with Crippen LogP contribution in [0.3, 0.4) is 0 Å². The number of carboxylic acids is 1. The van der Waals surface area contributed by atoms with E-state index >= 15 is 0 Å². The summed E-state index contributed by atoms with van der Waals surface area (Å²) in [6, 6.07) is -0.340. The van der Waals surface area contributed by atoms with E-state index in [9.17, 15) is 24.6 Å². The molecule has 0 aliphatic carbocycles. The van der Waals surface area contributed by atoms with E-state index in [4.69, 9.17) is 5.73 Å². The number of amides is 2. The Balaban J connectivity index is 0.00000256. The summed E-state index contributed by atoms with van der Waals surface area (Å²) in [5.74, 6) is -3.05. The van der Waals surface area contributed by atoms with Crippen LogP contribution in [-0.4, -0.2) is 63.3 Å². The van der Waals surface area contributed by atoms with Gasteiger partial charge in [-0.25, -0.2) is 4.98 Å². The molecule has 0 aromatic carbocycles. The van der Waals surface area contributed by atoms with Gasteiger partial charge in [-0.3, -0.25) is 9.59 Å². The molecule has 9 nitrogen and oxygen atoms in total. The van der Waals surface area contributed by atoms with Crippen molar-refractivity contribution < 1.29 is 54.2 Å². The van der Waals surface area contributed by atoms with Crippen LogP contribution in [0, 0.1) is 11.8 Å². The number of nitrogens with two attached hydrogens (primary N) is 1. The summed E-state index contributed by atoms with van der Waals surface area (Å²) < 4.78 is 0. The topological polar surface area (TPSA) is 140 Å². The van der Waals surface area contributed by atoms with Crippen molar-refractivity contribution in [3.05, 3.63) is 21.7 Å². The van der Waals surface area contributed by atoms with E-state index in [-0.39, 0.29) is 64.1 Å².